The average Bonchev–Trinajstić information content (AvgIpc) is 2.37. The molecule has 0 amide bonds. The number of hydrogen-bond donors (Lipinski definition) is 2. The molecule has 2 unspecified atom stereocenters. The van der Waals surface area contributed by atoms with Crippen LogP contribution >= 0.6 is 0 Å². The van der Waals surface area contributed by atoms with Crippen molar-refractivity contribution >= 4 is 0 Å². The number of ether oxygens (including phenoxy) is 1. The van der Waals surface area contributed by atoms with Gasteiger partial charge in [0.2, 0.25) is 0 Å². The Balaban J connectivity index is 5.41. The van der Waals surface area contributed by atoms with Crippen LogP contribution in [0.2, 0.25) is 0 Å². The topological polar surface area (TPSA) is 49.7 Å². The second kappa shape index (κ2) is 6.35. The van der Waals surface area contributed by atoms with Crippen LogP contribution in [0.3, 0.4) is 0 Å². The van der Waals surface area contributed by atoms with Gasteiger partial charge in [0.1, 0.15) is 17.3 Å². The predicted molar refractivity (Wildman–Crippen MR) is 70.6 cm³/mol. The first-order chi connectivity index (χ1) is 7.95. The molecule has 2 N–H and O–H groups in total. The van der Waals surface area contributed by atoms with Gasteiger partial charge in [0.05, 0.1) is 6.61 Å². The van der Waals surface area contributed by atoms with Crippen molar-refractivity contribution in [1.82, 2.24) is 0 Å². The van der Waals surface area contributed by atoms with Crippen LogP contribution < -0.4 is 0 Å². The van der Waals surface area contributed by atoms with Crippen LogP contribution in [0.5, 0.6) is 0 Å². The van der Waals surface area contributed by atoms with Gasteiger partial charge in [0.15, 0.2) is 0 Å². The van der Waals surface area contributed by atoms with Crippen molar-refractivity contribution in [3.05, 3.63) is 63.3 Å². The molecule has 3 heteroatoms. The van der Waals surface area contributed by atoms with Crippen molar-refractivity contribution in [3.8, 4) is 0 Å². The molecule has 17 heavy (non-hydrogen) atoms. The Morgan fingerprint density at radius 3 is 1.82 bits per heavy atom. The van der Waals surface area contributed by atoms with E-state index < -0.39 is 17.3 Å². The molecule has 0 radical (unpaired) electrons. The summed E-state index contributed by atoms with van der Waals surface area (Å²) in [6, 6.07) is 0. The normalized spacial score (nSPS) is 16.4. The third-order valence-electron chi connectivity index (χ3n) is 2.62. The van der Waals surface area contributed by atoms with E-state index in [2.05, 4.69) is 32.9 Å². The standard InChI is InChI=1S/C14H20O3/c1-6-11-17-12(7-2)14(16,10-5)13(15,8-3)9-4/h6-10,12,15-16H,1-5,11H2. The summed E-state index contributed by atoms with van der Waals surface area (Å²) in [5.74, 6) is 0. The maximum atomic E-state index is 10.5. The van der Waals surface area contributed by atoms with E-state index in [1.807, 2.05) is 0 Å². The number of hydrogen-bond acceptors (Lipinski definition) is 3. The van der Waals surface area contributed by atoms with Gasteiger partial charge in [-0.3, -0.25) is 0 Å². The summed E-state index contributed by atoms with van der Waals surface area (Å²) in [5.41, 5.74) is -3.55. The molecular formula is C14H20O3. The quantitative estimate of drug-likeness (QED) is 0.600. The maximum Gasteiger partial charge on any atom is 0.148 e. The van der Waals surface area contributed by atoms with Gasteiger partial charge in [0, 0.05) is 0 Å². The molecular weight excluding hydrogens is 216 g/mol. The first kappa shape index (κ1) is 15.6. The Bertz CT molecular complexity index is 311. The minimum Gasteiger partial charge on any atom is -0.379 e. The minimum atomic E-state index is -1.79. The SMILES string of the molecule is C=CCOC(C=C)C(O)(C=C)C(O)(C=C)C=C. The molecule has 0 saturated heterocycles. The smallest absolute Gasteiger partial charge is 0.148 e. The van der Waals surface area contributed by atoms with E-state index in [1.54, 1.807) is 0 Å². The zero-order chi connectivity index (χ0) is 13.5. The van der Waals surface area contributed by atoms with E-state index in [-0.39, 0.29) is 6.61 Å². The molecule has 0 aromatic carbocycles. The first-order valence-corrected chi connectivity index (χ1v) is 5.16. The van der Waals surface area contributed by atoms with E-state index in [4.69, 9.17) is 4.74 Å². The van der Waals surface area contributed by atoms with E-state index in [9.17, 15) is 10.2 Å². The van der Waals surface area contributed by atoms with Crippen LogP contribution in [-0.4, -0.2) is 34.1 Å². The molecule has 0 aliphatic carbocycles. The molecule has 0 rings (SSSR count). The van der Waals surface area contributed by atoms with E-state index >= 15 is 0 Å². The lowest BCUT2D eigenvalue weighted by atomic mass is 9.78. The molecule has 2 atom stereocenters. The van der Waals surface area contributed by atoms with Crippen LogP contribution in [0.1, 0.15) is 0 Å². The molecule has 0 saturated carbocycles. The molecule has 94 valence electrons. The van der Waals surface area contributed by atoms with Gasteiger partial charge in [-0.25, -0.2) is 0 Å². The van der Waals surface area contributed by atoms with Crippen LogP contribution in [-0.2, 0) is 4.74 Å². The lowest BCUT2D eigenvalue weighted by Crippen LogP contribution is -2.58. The van der Waals surface area contributed by atoms with Crippen molar-refractivity contribution in [2.45, 2.75) is 17.3 Å². The Labute approximate surface area is 103 Å². The lowest BCUT2D eigenvalue weighted by Gasteiger charge is -2.41. The summed E-state index contributed by atoms with van der Waals surface area (Å²) >= 11 is 0. The van der Waals surface area contributed by atoms with Gasteiger partial charge >= 0.3 is 0 Å². The first-order valence-electron chi connectivity index (χ1n) is 5.16. The van der Waals surface area contributed by atoms with E-state index in [1.165, 1.54) is 30.4 Å². The molecule has 0 heterocycles. The molecule has 0 bridgehead atoms. The number of rotatable bonds is 9. The van der Waals surface area contributed by atoms with Gasteiger partial charge in [-0.1, -0.05) is 50.1 Å². The fourth-order valence-electron chi connectivity index (χ4n) is 1.46. The van der Waals surface area contributed by atoms with Crippen LogP contribution in [0.4, 0.5) is 0 Å². The fraction of sp³-hybridized carbons (Fsp3) is 0.286. The van der Waals surface area contributed by atoms with Gasteiger partial charge < -0.3 is 14.9 Å². The zero-order valence-corrected chi connectivity index (χ0v) is 10.0. The average molecular weight is 236 g/mol. The van der Waals surface area contributed by atoms with Crippen molar-refractivity contribution in [1.29, 1.82) is 0 Å². The van der Waals surface area contributed by atoms with Crippen molar-refractivity contribution in [2.75, 3.05) is 6.61 Å². The summed E-state index contributed by atoms with van der Waals surface area (Å²) in [4.78, 5) is 0. The third kappa shape index (κ3) is 2.82. The van der Waals surface area contributed by atoms with E-state index in [0.717, 1.165) is 0 Å². The molecule has 0 fully saturated rings. The molecule has 0 spiro atoms. The summed E-state index contributed by atoms with van der Waals surface area (Å²) in [6.45, 7) is 17.7. The maximum absolute atomic E-state index is 10.5. The van der Waals surface area contributed by atoms with Gasteiger partial charge in [-0.2, -0.15) is 0 Å². The van der Waals surface area contributed by atoms with Crippen LogP contribution in [0.25, 0.3) is 0 Å². The summed E-state index contributed by atoms with van der Waals surface area (Å²) in [6.07, 6.45) is 5.58. The van der Waals surface area contributed by atoms with Gasteiger partial charge in [-0.05, 0) is 0 Å². The third-order valence-corrected chi connectivity index (χ3v) is 2.62. The fourth-order valence-corrected chi connectivity index (χ4v) is 1.46. The Morgan fingerprint density at radius 2 is 1.53 bits per heavy atom. The summed E-state index contributed by atoms with van der Waals surface area (Å²) in [7, 11) is 0. The Morgan fingerprint density at radius 1 is 1.00 bits per heavy atom. The molecule has 3 nitrogen and oxygen atoms in total. The zero-order valence-electron chi connectivity index (χ0n) is 10.0. The van der Waals surface area contributed by atoms with Crippen molar-refractivity contribution in [2.24, 2.45) is 0 Å². The second-order valence-corrected chi connectivity index (χ2v) is 3.54. The van der Waals surface area contributed by atoms with Crippen molar-refractivity contribution < 1.29 is 14.9 Å². The minimum absolute atomic E-state index is 0.206. The van der Waals surface area contributed by atoms with Crippen LogP contribution in [0, 0.1) is 0 Å². The van der Waals surface area contributed by atoms with E-state index in [0.29, 0.717) is 0 Å². The van der Waals surface area contributed by atoms with Crippen molar-refractivity contribution in [3.63, 3.8) is 0 Å². The molecule has 0 aliphatic rings. The van der Waals surface area contributed by atoms with Gasteiger partial charge in [-0.15, -0.1) is 13.2 Å². The predicted octanol–water partition coefficient (Wildman–Crippen LogP) is 1.76. The second-order valence-electron chi connectivity index (χ2n) is 3.54. The highest BCUT2D eigenvalue weighted by Gasteiger charge is 2.48. The molecule has 0 aromatic rings. The lowest BCUT2D eigenvalue weighted by molar-refractivity contribution is -0.130. The van der Waals surface area contributed by atoms with Crippen LogP contribution in [0.15, 0.2) is 63.3 Å². The molecule has 0 aromatic heterocycles. The number of aliphatic hydroxyl groups is 2. The van der Waals surface area contributed by atoms with Gasteiger partial charge in [0.25, 0.3) is 0 Å². The monoisotopic (exact) mass is 236 g/mol. The summed E-state index contributed by atoms with van der Waals surface area (Å²) in [5, 5.41) is 20.7. The highest BCUT2D eigenvalue weighted by Crippen LogP contribution is 2.32. The largest absolute Gasteiger partial charge is 0.379 e. The highest BCUT2D eigenvalue weighted by atomic mass is 16.5. The summed E-state index contributed by atoms with van der Waals surface area (Å²) < 4.78 is 5.33. The Hall–Kier alpha value is -1.42. The molecule has 0 aliphatic heterocycles. The highest BCUT2D eigenvalue weighted by molar-refractivity contribution is 5.29. The Kier molecular flexibility index (Phi) is 5.82.